The second kappa shape index (κ2) is 8.54. The van der Waals surface area contributed by atoms with Gasteiger partial charge in [-0.2, -0.15) is 24.5 Å². The van der Waals surface area contributed by atoms with E-state index in [9.17, 15) is 22.8 Å². The van der Waals surface area contributed by atoms with E-state index in [0.29, 0.717) is 31.3 Å². The van der Waals surface area contributed by atoms with E-state index in [1.165, 1.54) is 12.8 Å². The van der Waals surface area contributed by atoms with Gasteiger partial charge in [0, 0.05) is 31.4 Å². The number of carbonyl (C=O) groups is 3. The first-order valence-corrected chi connectivity index (χ1v) is 10.6. The van der Waals surface area contributed by atoms with Crippen LogP contribution in [-0.2, 0) is 14.4 Å². The lowest BCUT2D eigenvalue weighted by molar-refractivity contribution is -0.192. The molecule has 30 heavy (non-hydrogen) atoms. The van der Waals surface area contributed by atoms with E-state index in [-0.39, 0.29) is 11.4 Å². The minimum absolute atomic E-state index is 0.0882. The van der Waals surface area contributed by atoms with E-state index in [2.05, 4.69) is 4.90 Å². The molecule has 0 radical (unpaired) electrons. The van der Waals surface area contributed by atoms with Crippen LogP contribution in [0, 0.1) is 5.92 Å². The summed E-state index contributed by atoms with van der Waals surface area (Å²) < 4.78 is 31.7. The van der Waals surface area contributed by atoms with Crippen LogP contribution in [0.5, 0.6) is 0 Å². The Bertz CT molecular complexity index is 797. The lowest BCUT2D eigenvalue weighted by Crippen LogP contribution is -2.64. The van der Waals surface area contributed by atoms with Gasteiger partial charge in [-0.05, 0) is 43.7 Å². The number of aliphatic carboxylic acids is 1. The highest BCUT2D eigenvalue weighted by Crippen LogP contribution is 2.37. The van der Waals surface area contributed by atoms with Crippen molar-refractivity contribution in [2.45, 2.75) is 37.4 Å². The summed E-state index contributed by atoms with van der Waals surface area (Å²) in [6.07, 6.45) is -0.989. The molecule has 4 rings (SSSR count). The molecule has 11 heteroatoms. The van der Waals surface area contributed by atoms with E-state index in [1.54, 1.807) is 11.3 Å². The Morgan fingerprint density at radius 2 is 1.97 bits per heavy atom. The topological polar surface area (TPSA) is 81.2 Å². The second-order valence-corrected chi connectivity index (χ2v) is 8.84. The smallest absolute Gasteiger partial charge is 0.475 e. The quantitative estimate of drug-likeness (QED) is 0.770. The summed E-state index contributed by atoms with van der Waals surface area (Å²) >= 11 is 1.61. The van der Waals surface area contributed by atoms with Gasteiger partial charge < -0.3 is 14.9 Å². The molecule has 1 N–H and O–H groups in total. The number of nitrogens with zero attached hydrogens (tertiary/aromatic N) is 3. The van der Waals surface area contributed by atoms with Crippen LogP contribution < -0.4 is 4.90 Å². The predicted octanol–water partition coefficient (Wildman–Crippen LogP) is 2.43. The van der Waals surface area contributed by atoms with Crippen LogP contribution in [0.1, 0.15) is 25.7 Å². The third-order valence-corrected chi connectivity index (χ3v) is 6.51. The van der Waals surface area contributed by atoms with Gasteiger partial charge in [0.05, 0.1) is 17.8 Å². The van der Waals surface area contributed by atoms with E-state index in [1.807, 2.05) is 33.7 Å². The number of rotatable bonds is 3. The summed E-state index contributed by atoms with van der Waals surface area (Å²) in [4.78, 5) is 39.8. The number of hydrogen-bond donors (Lipinski definition) is 1. The molecular formula is C19H24F3N3O4S. The number of piperazine rings is 1. The molecule has 3 heterocycles. The fraction of sp³-hybridized carbons (Fsp3) is 0.632. The molecule has 1 saturated carbocycles. The van der Waals surface area contributed by atoms with Gasteiger partial charge in [0.2, 0.25) is 11.8 Å². The maximum atomic E-state index is 12.4. The molecule has 1 spiro atoms. The summed E-state index contributed by atoms with van der Waals surface area (Å²) in [5.41, 5.74) is 0.907. The summed E-state index contributed by atoms with van der Waals surface area (Å²) in [6.45, 7) is 2.69. The number of alkyl halides is 3. The molecule has 1 aromatic rings. The fourth-order valence-electron chi connectivity index (χ4n) is 3.81. The lowest BCUT2D eigenvalue weighted by atomic mass is 9.93. The molecule has 7 nitrogen and oxygen atoms in total. The number of likely N-dealkylation sites (tertiary alicyclic amines) is 1. The summed E-state index contributed by atoms with van der Waals surface area (Å²) in [7, 11) is 2.03. The van der Waals surface area contributed by atoms with Gasteiger partial charge in [0.25, 0.3) is 0 Å². The van der Waals surface area contributed by atoms with Crippen LogP contribution in [0.4, 0.5) is 18.9 Å². The van der Waals surface area contributed by atoms with E-state index in [0.717, 1.165) is 25.2 Å². The van der Waals surface area contributed by atoms with Crippen LogP contribution in [0.15, 0.2) is 16.8 Å². The zero-order valence-electron chi connectivity index (χ0n) is 16.5. The molecule has 2 amide bonds. The molecule has 166 valence electrons. The largest absolute Gasteiger partial charge is 0.490 e. The Hall–Kier alpha value is -2.14. The molecule has 1 unspecified atom stereocenters. The number of carboxylic acid groups (broad SMARTS) is 1. The highest BCUT2D eigenvalue weighted by atomic mass is 32.1. The molecule has 3 aliphatic rings. The first-order chi connectivity index (χ1) is 14.0. The molecule has 1 atom stereocenters. The van der Waals surface area contributed by atoms with E-state index < -0.39 is 12.1 Å². The Morgan fingerprint density at radius 3 is 2.50 bits per heavy atom. The van der Waals surface area contributed by atoms with Crippen molar-refractivity contribution in [1.82, 2.24) is 9.80 Å². The van der Waals surface area contributed by atoms with Crippen LogP contribution in [0.25, 0.3) is 0 Å². The standard InChI is InChI=1S/C17H23N3O2S.C2HF3O2/c1-18-9-16(22)20(14-4-7-23-10-14)12-17(18)5-6-19(11-17)15(21)8-13-2-3-13;3-2(4,5)1(6)7/h4,7,10,13H,2-3,5-6,8-9,11-12H2,1H3;(H,6,7). The van der Waals surface area contributed by atoms with Crippen molar-refractivity contribution in [3.63, 3.8) is 0 Å². The van der Waals surface area contributed by atoms with Crippen molar-refractivity contribution in [1.29, 1.82) is 0 Å². The Morgan fingerprint density at radius 1 is 1.30 bits per heavy atom. The van der Waals surface area contributed by atoms with Gasteiger partial charge in [-0.25, -0.2) is 4.79 Å². The van der Waals surface area contributed by atoms with Crippen molar-refractivity contribution in [3.8, 4) is 0 Å². The highest BCUT2D eigenvalue weighted by molar-refractivity contribution is 7.08. The molecule has 0 aromatic carbocycles. The van der Waals surface area contributed by atoms with Crippen LogP contribution in [-0.4, -0.2) is 77.6 Å². The average Bonchev–Trinajstić information content (AvgIpc) is 3.15. The minimum Gasteiger partial charge on any atom is -0.475 e. The predicted molar refractivity (Wildman–Crippen MR) is 104 cm³/mol. The van der Waals surface area contributed by atoms with Gasteiger partial charge in [0.15, 0.2) is 0 Å². The number of likely N-dealkylation sites (N-methyl/N-ethyl adjacent to an activating group) is 1. The maximum absolute atomic E-state index is 12.4. The molecule has 2 saturated heterocycles. The van der Waals surface area contributed by atoms with E-state index >= 15 is 0 Å². The summed E-state index contributed by atoms with van der Waals surface area (Å²) in [5.74, 6) is -1.67. The Labute approximate surface area is 176 Å². The van der Waals surface area contributed by atoms with Crippen molar-refractivity contribution in [2.24, 2.45) is 5.92 Å². The molecule has 1 aromatic heterocycles. The average molecular weight is 447 g/mol. The molecule has 3 fully saturated rings. The SMILES string of the molecule is CN1CC(=O)N(c2ccsc2)CC12CCN(C(=O)CC1CC1)C2.O=C(O)C(F)(F)F. The zero-order valence-corrected chi connectivity index (χ0v) is 17.3. The number of anilines is 1. The molecule has 2 aliphatic heterocycles. The van der Waals surface area contributed by atoms with Crippen molar-refractivity contribution in [2.75, 3.05) is 38.1 Å². The number of amides is 2. The monoisotopic (exact) mass is 447 g/mol. The third kappa shape index (κ3) is 5.12. The van der Waals surface area contributed by atoms with Gasteiger partial charge in [0.1, 0.15) is 0 Å². The summed E-state index contributed by atoms with van der Waals surface area (Å²) in [6, 6.07) is 2.01. The second-order valence-electron chi connectivity index (χ2n) is 8.06. The fourth-order valence-corrected chi connectivity index (χ4v) is 4.46. The first kappa shape index (κ1) is 22.5. The lowest BCUT2D eigenvalue weighted by Gasteiger charge is -2.46. The minimum atomic E-state index is -5.08. The Kier molecular flexibility index (Phi) is 6.42. The van der Waals surface area contributed by atoms with Gasteiger partial charge >= 0.3 is 12.1 Å². The molecule has 1 aliphatic carbocycles. The highest BCUT2D eigenvalue weighted by Gasteiger charge is 2.49. The summed E-state index contributed by atoms with van der Waals surface area (Å²) in [5, 5.41) is 11.2. The maximum Gasteiger partial charge on any atom is 0.490 e. The number of thiophene rings is 1. The number of carboxylic acids is 1. The third-order valence-electron chi connectivity index (χ3n) is 5.84. The zero-order chi connectivity index (χ0) is 22.1. The van der Waals surface area contributed by atoms with Gasteiger partial charge in [-0.15, -0.1) is 0 Å². The van der Waals surface area contributed by atoms with Crippen LogP contribution in [0.2, 0.25) is 0 Å². The molecule has 0 bridgehead atoms. The van der Waals surface area contributed by atoms with Crippen LogP contribution >= 0.6 is 11.3 Å². The Balaban J connectivity index is 0.000000318. The van der Waals surface area contributed by atoms with Crippen molar-refractivity contribution < 1.29 is 32.7 Å². The van der Waals surface area contributed by atoms with Gasteiger partial charge in [-0.3, -0.25) is 14.5 Å². The van der Waals surface area contributed by atoms with Crippen molar-refractivity contribution >= 4 is 34.8 Å². The number of carbonyl (C=O) groups excluding carboxylic acids is 2. The van der Waals surface area contributed by atoms with E-state index in [4.69, 9.17) is 9.90 Å². The van der Waals surface area contributed by atoms with Crippen molar-refractivity contribution in [3.05, 3.63) is 16.8 Å². The van der Waals surface area contributed by atoms with Gasteiger partial charge in [-0.1, -0.05) is 0 Å². The van der Waals surface area contributed by atoms with Crippen LogP contribution in [0.3, 0.4) is 0 Å². The normalized spacial score (nSPS) is 24.7. The first-order valence-electron chi connectivity index (χ1n) is 9.63. The molecular weight excluding hydrogens is 423 g/mol. The number of hydrogen-bond acceptors (Lipinski definition) is 5. The number of halogens is 3.